The zero-order chi connectivity index (χ0) is 16.1. The molecule has 1 aliphatic heterocycles. The van der Waals surface area contributed by atoms with Gasteiger partial charge in [-0.1, -0.05) is 17.7 Å². The molecule has 1 heterocycles. The number of carbonyl (C=O) groups excluding carboxylic acids is 2. The van der Waals surface area contributed by atoms with Gasteiger partial charge in [0.05, 0.1) is 0 Å². The largest absolute Gasteiger partial charge is 0.465 e. The summed E-state index contributed by atoms with van der Waals surface area (Å²) in [5, 5.41) is 8.86. The molecule has 1 aliphatic rings. The molecule has 3 amide bonds. The van der Waals surface area contributed by atoms with Crippen LogP contribution in [-0.2, 0) is 4.79 Å². The van der Waals surface area contributed by atoms with Crippen LogP contribution in [0.4, 0.5) is 4.79 Å². The Bertz CT molecular complexity index is 580. The molecule has 0 atom stereocenters. The van der Waals surface area contributed by atoms with E-state index in [2.05, 4.69) is 10.9 Å². The molecule has 0 saturated carbocycles. The number of amides is 3. The number of hydrazine groups is 1. The van der Waals surface area contributed by atoms with Crippen LogP contribution in [0.1, 0.15) is 28.8 Å². The van der Waals surface area contributed by atoms with Gasteiger partial charge in [0, 0.05) is 24.6 Å². The molecule has 1 aromatic rings. The molecule has 7 heteroatoms. The van der Waals surface area contributed by atoms with Crippen molar-refractivity contribution < 1.29 is 19.5 Å². The first-order valence-corrected chi connectivity index (χ1v) is 7.12. The van der Waals surface area contributed by atoms with Gasteiger partial charge in [-0.2, -0.15) is 0 Å². The molecule has 1 fully saturated rings. The topological polar surface area (TPSA) is 98.7 Å². The van der Waals surface area contributed by atoms with Gasteiger partial charge >= 0.3 is 6.09 Å². The molecule has 0 aliphatic carbocycles. The monoisotopic (exact) mass is 305 g/mol. The van der Waals surface area contributed by atoms with Gasteiger partial charge < -0.3 is 10.0 Å². The van der Waals surface area contributed by atoms with E-state index in [0.717, 1.165) is 5.56 Å². The second kappa shape index (κ2) is 6.93. The van der Waals surface area contributed by atoms with Crippen LogP contribution in [0.25, 0.3) is 0 Å². The van der Waals surface area contributed by atoms with E-state index in [1.165, 1.54) is 4.90 Å². The van der Waals surface area contributed by atoms with Crippen LogP contribution < -0.4 is 10.9 Å². The molecule has 0 spiro atoms. The first kappa shape index (κ1) is 15.8. The van der Waals surface area contributed by atoms with Crippen LogP contribution in [0.2, 0.25) is 0 Å². The standard InChI is InChI=1S/C15H19N3O4/c1-10-3-2-4-12(9-10)14(20)17-16-13(19)11-5-7-18(8-6-11)15(21)22/h2-4,9,11H,5-8H2,1H3,(H,16,19)(H,17,20)(H,21,22). The highest BCUT2D eigenvalue weighted by Gasteiger charge is 2.27. The predicted octanol–water partition coefficient (Wildman–Crippen LogP) is 1.15. The summed E-state index contributed by atoms with van der Waals surface area (Å²) in [6.07, 6.45) is -0.0525. The predicted molar refractivity (Wildman–Crippen MR) is 79.1 cm³/mol. The van der Waals surface area contributed by atoms with Crippen molar-refractivity contribution in [1.82, 2.24) is 15.8 Å². The van der Waals surface area contributed by atoms with Gasteiger partial charge in [-0.3, -0.25) is 20.4 Å². The Morgan fingerprint density at radius 1 is 1.18 bits per heavy atom. The lowest BCUT2D eigenvalue weighted by Gasteiger charge is -2.29. The van der Waals surface area contributed by atoms with Gasteiger partial charge in [-0.15, -0.1) is 0 Å². The van der Waals surface area contributed by atoms with Gasteiger partial charge in [0.15, 0.2) is 0 Å². The molecule has 0 bridgehead atoms. The van der Waals surface area contributed by atoms with Crippen molar-refractivity contribution in [2.75, 3.05) is 13.1 Å². The quantitative estimate of drug-likeness (QED) is 0.714. The highest BCUT2D eigenvalue weighted by Crippen LogP contribution is 2.17. The van der Waals surface area contributed by atoms with Crippen molar-refractivity contribution in [2.45, 2.75) is 19.8 Å². The fourth-order valence-corrected chi connectivity index (χ4v) is 2.41. The maximum Gasteiger partial charge on any atom is 0.407 e. The lowest BCUT2D eigenvalue weighted by Crippen LogP contribution is -2.48. The second-order valence-corrected chi connectivity index (χ2v) is 5.36. The van der Waals surface area contributed by atoms with Gasteiger partial charge in [0.2, 0.25) is 5.91 Å². The number of nitrogens with zero attached hydrogens (tertiary/aromatic N) is 1. The number of carbonyl (C=O) groups is 3. The number of hydrogen-bond donors (Lipinski definition) is 3. The summed E-state index contributed by atoms with van der Waals surface area (Å²) in [6, 6.07) is 7.05. The average Bonchev–Trinajstić information content (AvgIpc) is 2.52. The Morgan fingerprint density at radius 2 is 1.86 bits per heavy atom. The molecule has 1 saturated heterocycles. The summed E-state index contributed by atoms with van der Waals surface area (Å²) in [6.45, 7) is 2.55. The fraction of sp³-hybridized carbons (Fsp3) is 0.400. The third-order valence-corrected chi connectivity index (χ3v) is 3.72. The number of likely N-dealkylation sites (tertiary alicyclic amines) is 1. The van der Waals surface area contributed by atoms with E-state index < -0.39 is 6.09 Å². The number of carboxylic acid groups (broad SMARTS) is 1. The number of nitrogens with one attached hydrogen (secondary N) is 2. The van der Waals surface area contributed by atoms with Crippen LogP contribution >= 0.6 is 0 Å². The first-order chi connectivity index (χ1) is 10.5. The van der Waals surface area contributed by atoms with Crippen molar-refractivity contribution in [3.63, 3.8) is 0 Å². The van der Waals surface area contributed by atoms with E-state index in [-0.39, 0.29) is 17.7 Å². The van der Waals surface area contributed by atoms with E-state index in [1.807, 2.05) is 13.0 Å². The summed E-state index contributed by atoms with van der Waals surface area (Å²) < 4.78 is 0. The van der Waals surface area contributed by atoms with Crippen LogP contribution in [0, 0.1) is 12.8 Å². The zero-order valence-electron chi connectivity index (χ0n) is 12.3. The molecule has 0 radical (unpaired) electrons. The van der Waals surface area contributed by atoms with Crippen LogP contribution in [0.5, 0.6) is 0 Å². The zero-order valence-corrected chi connectivity index (χ0v) is 12.3. The van der Waals surface area contributed by atoms with E-state index in [0.29, 0.717) is 31.5 Å². The van der Waals surface area contributed by atoms with Gasteiger partial charge in [-0.25, -0.2) is 4.79 Å². The van der Waals surface area contributed by atoms with Crippen molar-refractivity contribution in [3.8, 4) is 0 Å². The molecular weight excluding hydrogens is 286 g/mol. The number of rotatable bonds is 2. The minimum Gasteiger partial charge on any atom is -0.465 e. The normalized spacial score (nSPS) is 15.2. The van der Waals surface area contributed by atoms with Crippen molar-refractivity contribution in [2.24, 2.45) is 5.92 Å². The SMILES string of the molecule is Cc1cccc(C(=O)NNC(=O)C2CCN(C(=O)O)CC2)c1. The molecular formula is C15H19N3O4. The molecule has 22 heavy (non-hydrogen) atoms. The Hall–Kier alpha value is -2.57. The van der Waals surface area contributed by atoms with Crippen LogP contribution in [0.3, 0.4) is 0 Å². The summed E-state index contributed by atoms with van der Waals surface area (Å²) in [5.41, 5.74) is 6.23. The van der Waals surface area contributed by atoms with Gasteiger partial charge in [-0.05, 0) is 31.9 Å². The van der Waals surface area contributed by atoms with Gasteiger partial charge in [0.1, 0.15) is 0 Å². The lowest BCUT2D eigenvalue weighted by molar-refractivity contribution is -0.127. The first-order valence-electron chi connectivity index (χ1n) is 7.12. The Labute approximate surface area is 128 Å². The number of benzene rings is 1. The van der Waals surface area contributed by atoms with E-state index in [9.17, 15) is 14.4 Å². The van der Waals surface area contributed by atoms with Crippen molar-refractivity contribution in [3.05, 3.63) is 35.4 Å². The molecule has 7 nitrogen and oxygen atoms in total. The number of piperidine rings is 1. The summed E-state index contributed by atoms with van der Waals surface area (Å²) >= 11 is 0. The molecule has 1 aromatic carbocycles. The fourth-order valence-electron chi connectivity index (χ4n) is 2.41. The second-order valence-electron chi connectivity index (χ2n) is 5.36. The van der Waals surface area contributed by atoms with Crippen molar-refractivity contribution in [1.29, 1.82) is 0 Å². The Morgan fingerprint density at radius 3 is 2.45 bits per heavy atom. The Balaban J connectivity index is 1.81. The van der Waals surface area contributed by atoms with Crippen LogP contribution in [-0.4, -0.2) is 41.0 Å². The maximum atomic E-state index is 12.0. The smallest absolute Gasteiger partial charge is 0.407 e. The summed E-state index contributed by atoms with van der Waals surface area (Å²) in [5.74, 6) is -0.945. The number of aryl methyl sites for hydroxylation is 1. The van der Waals surface area contributed by atoms with E-state index >= 15 is 0 Å². The lowest BCUT2D eigenvalue weighted by atomic mass is 9.96. The third kappa shape index (κ3) is 3.97. The maximum absolute atomic E-state index is 12.0. The molecule has 0 aromatic heterocycles. The van der Waals surface area contributed by atoms with E-state index in [4.69, 9.17) is 5.11 Å². The molecule has 0 unspecified atom stereocenters. The molecule has 2 rings (SSSR count). The minimum absolute atomic E-state index is 0.284. The van der Waals surface area contributed by atoms with Gasteiger partial charge in [0.25, 0.3) is 5.91 Å². The Kier molecular flexibility index (Phi) is 4.98. The average molecular weight is 305 g/mol. The molecule has 3 N–H and O–H groups in total. The van der Waals surface area contributed by atoms with E-state index in [1.54, 1.807) is 18.2 Å². The summed E-state index contributed by atoms with van der Waals surface area (Å²) in [4.78, 5) is 36.0. The third-order valence-electron chi connectivity index (χ3n) is 3.72. The van der Waals surface area contributed by atoms with Crippen LogP contribution in [0.15, 0.2) is 24.3 Å². The molecule has 118 valence electrons. The van der Waals surface area contributed by atoms with Crippen molar-refractivity contribution >= 4 is 17.9 Å². The minimum atomic E-state index is -0.966. The highest BCUT2D eigenvalue weighted by atomic mass is 16.4. The highest BCUT2D eigenvalue weighted by molar-refractivity contribution is 5.95. The number of hydrogen-bond acceptors (Lipinski definition) is 3. The summed E-state index contributed by atoms with van der Waals surface area (Å²) in [7, 11) is 0.